The number of hydrogen-bond acceptors (Lipinski definition) is 5. The Bertz CT molecular complexity index is 895. The molecule has 0 spiro atoms. The van der Waals surface area contributed by atoms with E-state index in [0.717, 1.165) is 16.8 Å². The summed E-state index contributed by atoms with van der Waals surface area (Å²) in [5.41, 5.74) is 1.06. The molecule has 0 aromatic heterocycles. The predicted octanol–water partition coefficient (Wildman–Crippen LogP) is 4.47. The summed E-state index contributed by atoms with van der Waals surface area (Å²) in [7, 11) is 1.56. The van der Waals surface area contributed by atoms with Crippen molar-refractivity contribution >= 4 is 57.6 Å². The van der Waals surface area contributed by atoms with E-state index in [1.807, 2.05) is 6.07 Å². The van der Waals surface area contributed by atoms with Crippen molar-refractivity contribution in [3.8, 4) is 0 Å². The quantitative estimate of drug-likeness (QED) is 0.592. The third-order valence-electron chi connectivity index (χ3n) is 4.07. The molecular weight excluding hydrogens is 435 g/mol. The highest BCUT2D eigenvalue weighted by atomic mass is 35.5. The highest BCUT2D eigenvalue weighted by molar-refractivity contribution is 8.14. The van der Waals surface area contributed by atoms with Gasteiger partial charge in [-0.05, 0) is 18.2 Å². The number of carboxylic acids is 1. The summed E-state index contributed by atoms with van der Waals surface area (Å²) in [5, 5.41) is 12.3. The lowest BCUT2D eigenvalue weighted by atomic mass is 10.2. The van der Waals surface area contributed by atoms with Gasteiger partial charge in [0, 0.05) is 24.3 Å². The Morgan fingerprint density at radius 1 is 1.07 bits per heavy atom. The Hall–Kier alpha value is -2.22. The molecule has 154 valence electrons. The van der Waals surface area contributed by atoms with E-state index in [2.05, 4.69) is 0 Å². The monoisotopic (exact) mass is 454 g/mol. The van der Waals surface area contributed by atoms with Crippen LogP contribution in [0.4, 0.5) is 5.69 Å². The van der Waals surface area contributed by atoms with Crippen LogP contribution in [0.3, 0.4) is 0 Å². The van der Waals surface area contributed by atoms with Crippen molar-refractivity contribution in [2.45, 2.75) is 6.92 Å². The van der Waals surface area contributed by atoms with Gasteiger partial charge in [0.05, 0.1) is 15.7 Å². The maximum Gasteiger partial charge on any atom is 0.325 e. The molecule has 1 unspecified atom stereocenters. The molecule has 9 heteroatoms. The van der Waals surface area contributed by atoms with Gasteiger partial charge in [0.2, 0.25) is 11.0 Å². The first-order chi connectivity index (χ1) is 13.7. The number of nitrogens with zero attached hydrogens (tertiary/aromatic N) is 2. The number of rotatable bonds is 8. The summed E-state index contributed by atoms with van der Waals surface area (Å²) in [6.07, 6.45) is 0. The van der Waals surface area contributed by atoms with Gasteiger partial charge in [-0.3, -0.25) is 19.4 Å². The number of hydrogen-bond donors (Lipinski definition) is 1. The van der Waals surface area contributed by atoms with E-state index in [9.17, 15) is 19.5 Å². The van der Waals surface area contributed by atoms with E-state index >= 15 is 0 Å². The van der Waals surface area contributed by atoms with Crippen LogP contribution in [-0.4, -0.2) is 46.5 Å². The minimum atomic E-state index is -1.16. The van der Waals surface area contributed by atoms with Gasteiger partial charge in [0.1, 0.15) is 6.54 Å². The zero-order valence-electron chi connectivity index (χ0n) is 15.8. The molecule has 1 atom stereocenters. The molecule has 0 aliphatic rings. The van der Waals surface area contributed by atoms with Gasteiger partial charge in [-0.15, -0.1) is 0 Å². The fraction of sp³-hybridized carbons (Fsp3) is 0.250. The Morgan fingerprint density at radius 2 is 1.72 bits per heavy atom. The van der Waals surface area contributed by atoms with Gasteiger partial charge in [-0.25, -0.2) is 5.01 Å². The van der Waals surface area contributed by atoms with Crippen molar-refractivity contribution in [1.82, 2.24) is 5.01 Å². The highest BCUT2D eigenvalue weighted by Gasteiger charge is 2.27. The summed E-state index contributed by atoms with van der Waals surface area (Å²) >= 11 is 13.0. The SMILES string of the molecule is CC(CSC(=O)c1ccccc1)C(=O)N(CC(=O)O)N(C)c1ccc(Cl)c(Cl)c1. The van der Waals surface area contributed by atoms with Gasteiger partial charge in [0.25, 0.3) is 0 Å². The molecule has 2 aromatic rings. The maximum absolute atomic E-state index is 12.9. The Kier molecular flexibility index (Phi) is 8.37. The van der Waals surface area contributed by atoms with Crippen LogP contribution >= 0.6 is 35.0 Å². The second-order valence-corrected chi connectivity index (χ2v) is 8.08. The molecule has 1 N–H and O–H groups in total. The number of hydrazine groups is 1. The topological polar surface area (TPSA) is 77.9 Å². The number of halogens is 2. The molecule has 6 nitrogen and oxygen atoms in total. The minimum Gasteiger partial charge on any atom is -0.480 e. The average Bonchev–Trinajstić information content (AvgIpc) is 2.71. The van der Waals surface area contributed by atoms with Gasteiger partial charge < -0.3 is 5.11 Å². The molecule has 0 fully saturated rings. The number of aliphatic carboxylic acids is 1. The van der Waals surface area contributed by atoms with Crippen molar-refractivity contribution in [2.24, 2.45) is 5.92 Å². The lowest BCUT2D eigenvalue weighted by Crippen LogP contribution is -2.49. The van der Waals surface area contributed by atoms with Crippen molar-refractivity contribution in [3.63, 3.8) is 0 Å². The summed E-state index contributed by atoms with van der Waals surface area (Å²) in [4.78, 5) is 36.5. The van der Waals surface area contributed by atoms with Crippen LogP contribution in [-0.2, 0) is 9.59 Å². The smallest absolute Gasteiger partial charge is 0.325 e. The number of carboxylic acid groups (broad SMARTS) is 1. The van der Waals surface area contributed by atoms with Gasteiger partial charge in [-0.2, -0.15) is 0 Å². The lowest BCUT2D eigenvalue weighted by Gasteiger charge is -2.34. The van der Waals surface area contributed by atoms with Gasteiger partial charge >= 0.3 is 5.97 Å². The number of benzene rings is 2. The fourth-order valence-corrected chi connectivity index (χ4v) is 3.61. The van der Waals surface area contributed by atoms with Crippen LogP contribution in [0, 0.1) is 5.92 Å². The van der Waals surface area contributed by atoms with E-state index in [0.29, 0.717) is 16.3 Å². The Labute approximate surface area is 183 Å². The first-order valence-corrected chi connectivity index (χ1v) is 10.4. The van der Waals surface area contributed by atoms with Gasteiger partial charge in [0.15, 0.2) is 0 Å². The van der Waals surface area contributed by atoms with Crippen LogP contribution < -0.4 is 5.01 Å². The number of thioether (sulfide) groups is 1. The third-order valence-corrected chi connectivity index (χ3v) is 5.98. The number of carbonyl (C=O) groups is 3. The molecule has 0 saturated carbocycles. The largest absolute Gasteiger partial charge is 0.480 e. The third kappa shape index (κ3) is 6.39. The maximum atomic E-state index is 12.9. The first-order valence-electron chi connectivity index (χ1n) is 8.64. The first kappa shape index (κ1) is 23.1. The number of anilines is 1. The summed E-state index contributed by atoms with van der Waals surface area (Å²) in [5.74, 6) is -1.95. The predicted molar refractivity (Wildman–Crippen MR) is 117 cm³/mol. The fourth-order valence-electron chi connectivity index (χ4n) is 2.47. The second-order valence-electron chi connectivity index (χ2n) is 6.28. The zero-order chi connectivity index (χ0) is 21.6. The van der Waals surface area contributed by atoms with Gasteiger partial charge in [-0.1, -0.05) is 72.2 Å². The average molecular weight is 455 g/mol. The molecular formula is C20H20Cl2N2O4S. The Morgan fingerprint density at radius 3 is 2.31 bits per heavy atom. The van der Waals surface area contributed by atoms with E-state index in [4.69, 9.17) is 23.2 Å². The molecule has 1 amide bonds. The molecule has 0 aliphatic carbocycles. The minimum absolute atomic E-state index is 0.145. The molecule has 0 radical (unpaired) electrons. The molecule has 0 saturated heterocycles. The van der Waals surface area contributed by atoms with E-state index in [1.165, 1.54) is 5.01 Å². The van der Waals surface area contributed by atoms with Crippen LogP contribution in [0.5, 0.6) is 0 Å². The molecule has 29 heavy (non-hydrogen) atoms. The van der Waals surface area contributed by atoms with Crippen molar-refractivity contribution < 1.29 is 19.5 Å². The van der Waals surface area contributed by atoms with Crippen molar-refractivity contribution in [3.05, 3.63) is 64.1 Å². The second kappa shape index (κ2) is 10.5. The highest BCUT2D eigenvalue weighted by Crippen LogP contribution is 2.28. The van der Waals surface area contributed by atoms with Crippen LogP contribution in [0.25, 0.3) is 0 Å². The number of amides is 1. The molecule has 2 aromatic carbocycles. The summed E-state index contributed by atoms with van der Waals surface area (Å²) < 4.78 is 0. The normalized spacial score (nSPS) is 11.6. The summed E-state index contributed by atoms with van der Waals surface area (Å²) in [6.45, 7) is 1.13. The summed E-state index contributed by atoms with van der Waals surface area (Å²) in [6, 6.07) is 13.5. The molecule has 0 bridgehead atoms. The van der Waals surface area contributed by atoms with E-state index in [1.54, 1.807) is 56.4 Å². The standard InChI is InChI=1S/C20H20Cl2N2O4S/c1-13(12-29-20(28)14-6-4-3-5-7-14)19(27)24(11-18(25)26)23(2)15-8-9-16(21)17(22)10-15/h3-10,13H,11-12H2,1-2H3,(H,25,26). The van der Waals surface area contributed by atoms with E-state index < -0.39 is 24.3 Å². The van der Waals surface area contributed by atoms with Crippen molar-refractivity contribution in [2.75, 3.05) is 24.4 Å². The van der Waals surface area contributed by atoms with Crippen LogP contribution in [0.1, 0.15) is 17.3 Å². The molecule has 0 aliphatic heterocycles. The van der Waals surface area contributed by atoms with E-state index in [-0.39, 0.29) is 15.9 Å². The lowest BCUT2D eigenvalue weighted by molar-refractivity contribution is -0.146. The zero-order valence-corrected chi connectivity index (χ0v) is 18.2. The number of carbonyl (C=O) groups excluding carboxylic acids is 2. The van der Waals surface area contributed by atoms with Crippen LogP contribution in [0.15, 0.2) is 48.5 Å². The van der Waals surface area contributed by atoms with Crippen LogP contribution in [0.2, 0.25) is 10.0 Å². The van der Waals surface area contributed by atoms with Crippen molar-refractivity contribution in [1.29, 1.82) is 0 Å². The Balaban J connectivity index is 2.11. The molecule has 0 heterocycles. The molecule has 2 rings (SSSR count).